The van der Waals surface area contributed by atoms with Gasteiger partial charge in [0.15, 0.2) is 0 Å². The first-order valence-electron chi connectivity index (χ1n) is 5.95. The van der Waals surface area contributed by atoms with Crippen molar-refractivity contribution in [2.45, 2.75) is 6.42 Å². The number of urea groups is 1. The maximum atomic E-state index is 11.6. The molecule has 2 N–H and O–H groups in total. The van der Waals surface area contributed by atoms with Gasteiger partial charge in [0.25, 0.3) is 5.19 Å². The number of carbonyl (C=O) groups is 1. The lowest BCUT2D eigenvalue weighted by atomic mass is 10.1. The van der Waals surface area contributed by atoms with Gasteiger partial charge in [-0.15, -0.1) is 5.10 Å². The SMILES string of the molecule is COc1nnc(NC(=O)NCCc2ccc(Cl)c(Cl)c2)s1. The number of hydrogen-bond acceptors (Lipinski definition) is 5. The monoisotopic (exact) mass is 346 g/mol. The van der Waals surface area contributed by atoms with Gasteiger partial charge in [-0.1, -0.05) is 34.4 Å². The maximum Gasteiger partial charge on any atom is 0.321 e. The van der Waals surface area contributed by atoms with Crippen LogP contribution in [-0.4, -0.2) is 29.9 Å². The average molecular weight is 347 g/mol. The molecule has 0 bridgehead atoms. The summed E-state index contributed by atoms with van der Waals surface area (Å²) in [5, 5.41) is 14.5. The number of amides is 2. The number of methoxy groups -OCH3 is 1. The molecule has 0 fully saturated rings. The van der Waals surface area contributed by atoms with E-state index in [1.54, 1.807) is 12.1 Å². The van der Waals surface area contributed by atoms with Crippen LogP contribution in [0.2, 0.25) is 10.0 Å². The standard InChI is InChI=1S/C12H12Cl2N4O2S/c1-20-12-18-17-11(21-12)16-10(19)15-5-4-7-2-3-8(13)9(14)6-7/h2-3,6H,4-5H2,1H3,(H2,15,16,17,19). The lowest BCUT2D eigenvalue weighted by molar-refractivity contribution is 0.252. The van der Waals surface area contributed by atoms with Gasteiger partial charge in [0.1, 0.15) is 0 Å². The number of hydrogen-bond donors (Lipinski definition) is 2. The predicted octanol–water partition coefficient (Wildman–Crippen LogP) is 3.22. The van der Waals surface area contributed by atoms with Gasteiger partial charge < -0.3 is 10.1 Å². The number of aromatic nitrogens is 2. The van der Waals surface area contributed by atoms with Gasteiger partial charge in [-0.2, -0.15) is 0 Å². The van der Waals surface area contributed by atoms with Crippen molar-refractivity contribution in [1.29, 1.82) is 0 Å². The van der Waals surface area contributed by atoms with Crippen molar-refractivity contribution in [3.63, 3.8) is 0 Å². The Balaban J connectivity index is 1.77. The van der Waals surface area contributed by atoms with Crippen LogP contribution in [-0.2, 0) is 6.42 Å². The van der Waals surface area contributed by atoms with Crippen molar-refractivity contribution in [1.82, 2.24) is 15.5 Å². The summed E-state index contributed by atoms with van der Waals surface area (Å²) in [5.74, 6) is 0. The van der Waals surface area contributed by atoms with Crippen LogP contribution in [0.25, 0.3) is 0 Å². The van der Waals surface area contributed by atoms with Crippen LogP contribution in [0.4, 0.5) is 9.93 Å². The molecule has 9 heteroatoms. The van der Waals surface area contributed by atoms with Crippen molar-refractivity contribution in [2.75, 3.05) is 19.0 Å². The molecular weight excluding hydrogens is 335 g/mol. The van der Waals surface area contributed by atoms with Crippen LogP contribution in [0.3, 0.4) is 0 Å². The fourth-order valence-electron chi connectivity index (χ4n) is 1.50. The summed E-state index contributed by atoms with van der Waals surface area (Å²) in [6, 6.07) is 5.02. The first kappa shape index (κ1) is 15.8. The van der Waals surface area contributed by atoms with Crippen molar-refractivity contribution in [3.8, 4) is 5.19 Å². The van der Waals surface area contributed by atoms with E-state index >= 15 is 0 Å². The molecule has 0 unspecified atom stereocenters. The third-order valence-electron chi connectivity index (χ3n) is 2.48. The smallest absolute Gasteiger partial charge is 0.321 e. The zero-order valence-electron chi connectivity index (χ0n) is 11.0. The Bertz CT molecular complexity index is 635. The van der Waals surface area contributed by atoms with E-state index in [9.17, 15) is 4.79 Å². The molecule has 0 aliphatic carbocycles. The van der Waals surface area contributed by atoms with Crippen molar-refractivity contribution in [3.05, 3.63) is 33.8 Å². The third kappa shape index (κ3) is 4.73. The number of nitrogens with zero attached hydrogens (tertiary/aromatic N) is 2. The molecule has 6 nitrogen and oxygen atoms in total. The number of benzene rings is 1. The lowest BCUT2D eigenvalue weighted by Crippen LogP contribution is -2.30. The molecule has 2 rings (SSSR count). The molecule has 0 aliphatic heterocycles. The summed E-state index contributed by atoms with van der Waals surface area (Å²) in [6.07, 6.45) is 0.643. The van der Waals surface area contributed by atoms with Gasteiger partial charge in [0.2, 0.25) is 5.13 Å². The largest absolute Gasteiger partial charge is 0.472 e. The summed E-state index contributed by atoms with van der Waals surface area (Å²) in [6.45, 7) is 0.458. The lowest BCUT2D eigenvalue weighted by Gasteiger charge is -2.06. The highest BCUT2D eigenvalue weighted by molar-refractivity contribution is 7.17. The van der Waals surface area contributed by atoms with E-state index in [0.717, 1.165) is 16.9 Å². The number of nitrogens with one attached hydrogen (secondary N) is 2. The van der Waals surface area contributed by atoms with Gasteiger partial charge in [0.05, 0.1) is 17.2 Å². The number of rotatable bonds is 5. The quantitative estimate of drug-likeness (QED) is 0.871. The van der Waals surface area contributed by atoms with E-state index in [1.807, 2.05) is 6.07 Å². The first-order valence-corrected chi connectivity index (χ1v) is 7.52. The van der Waals surface area contributed by atoms with E-state index in [1.165, 1.54) is 7.11 Å². The van der Waals surface area contributed by atoms with Gasteiger partial charge in [0, 0.05) is 6.54 Å². The first-order chi connectivity index (χ1) is 10.1. The minimum atomic E-state index is -0.353. The predicted molar refractivity (Wildman–Crippen MR) is 83.6 cm³/mol. The van der Waals surface area contributed by atoms with E-state index < -0.39 is 0 Å². The van der Waals surface area contributed by atoms with Crippen LogP contribution in [0, 0.1) is 0 Å². The summed E-state index contributed by atoms with van der Waals surface area (Å²) >= 11 is 12.9. The Kier molecular flexibility index (Phi) is 5.60. The highest BCUT2D eigenvalue weighted by Crippen LogP contribution is 2.23. The molecule has 1 heterocycles. The second kappa shape index (κ2) is 7.44. The molecule has 2 amide bonds. The number of anilines is 1. The molecule has 0 saturated carbocycles. The van der Waals surface area contributed by atoms with Crippen LogP contribution < -0.4 is 15.4 Å². The molecular formula is C12H12Cl2N4O2S. The highest BCUT2D eigenvalue weighted by atomic mass is 35.5. The molecule has 1 aromatic carbocycles. The van der Waals surface area contributed by atoms with Gasteiger partial charge >= 0.3 is 6.03 Å². The van der Waals surface area contributed by atoms with E-state index in [-0.39, 0.29) is 6.03 Å². The topological polar surface area (TPSA) is 76.1 Å². The zero-order chi connectivity index (χ0) is 15.2. The molecule has 0 atom stereocenters. The summed E-state index contributed by atoms with van der Waals surface area (Å²) < 4.78 is 4.89. The number of ether oxygens (including phenoxy) is 1. The van der Waals surface area contributed by atoms with Crippen LogP contribution in [0.15, 0.2) is 18.2 Å². The Hall–Kier alpha value is -1.57. The van der Waals surface area contributed by atoms with Crippen LogP contribution in [0.5, 0.6) is 5.19 Å². The molecule has 21 heavy (non-hydrogen) atoms. The number of carbonyl (C=O) groups excluding carboxylic acids is 1. The molecule has 0 radical (unpaired) electrons. The van der Waals surface area contributed by atoms with Crippen LogP contribution in [0.1, 0.15) is 5.56 Å². The Morgan fingerprint density at radius 2 is 2.14 bits per heavy atom. The van der Waals surface area contributed by atoms with Gasteiger partial charge in [-0.05, 0) is 35.5 Å². The normalized spacial score (nSPS) is 10.2. The molecule has 0 saturated heterocycles. The third-order valence-corrected chi connectivity index (χ3v) is 4.02. The second-order valence-corrected chi connectivity index (χ2v) is 5.71. The van der Waals surface area contributed by atoms with Gasteiger partial charge in [-0.25, -0.2) is 4.79 Å². The Morgan fingerprint density at radius 1 is 1.33 bits per heavy atom. The van der Waals surface area contributed by atoms with E-state index in [4.69, 9.17) is 27.9 Å². The molecule has 2 aromatic rings. The average Bonchev–Trinajstić information content (AvgIpc) is 2.90. The summed E-state index contributed by atoms with van der Waals surface area (Å²) in [4.78, 5) is 11.6. The molecule has 0 aliphatic rings. The zero-order valence-corrected chi connectivity index (χ0v) is 13.3. The highest BCUT2D eigenvalue weighted by Gasteiger charge is 2.07. The molecule has 1 aromatic heterocycles. The summed E-state index contributed by atoms with van der Waals surface area (Å²) in [7, 11) is 1.49. The molecule has 0 spiro atoms. The van der Waals surface area contributed by atoms with Crippen LogP contribution >= 0.6 is 34.5 Å². The van der Waals surface area contributed by atoms with E-state index in [0.29, 0.717) is 33.3 Å². The fourth-order valence-corrected chi connectivity index (χ4v) is 2.38. The second-order valence-electron chi connectivity index (χ2n) is 3.96. The molecule has 112 valence electrons. The minimum Gasteiger partial charge on any atom is -0.472 e. The number of halogens is 2. The van der Waals surface area contributed by atoms with Crippen molar-refractivity contribution >= 4 is 45.7 Å². The maximum absolute atomic E-state index is 11.6. The fraction of sp³-hybridized carbons (Fsp3) is 0.250. The van der Waals surface area contributed by atoms with Gasteiger partial charge in [-0.3, -0.25) is 5.32 Å². The van der Waals surface area contributed by atoms with E-state index in [2.05, 4.69) is 20.8 Å². The van der Waals surface area contributed by atoms with Crippen molar-refractivity contribution in [2.24, 2.45) is 0 Å². The minimum absolute atomic E-state index is 0.353. The Labute approximate surface area is 135 Å². The Morgan fingerprint density at radius 3 is 2.81 bits per heavy atom. The summed E-state index contributed by atoms with van der Waals surface area (Å²) in [5.41, 5.74) is 0.988. The van der Waals surface area contributed by atoms with Crippen molar-refractivity contribution < 1.29 is 9.53 Å².